The molecule has 14 heavy (non-hydrogen) atoms. The molecule has 0 aliphatic carbocycles. The summed E-state index contributed by atoms with van der Waals surface area (Å²) in [5.74, 6) is 0. The molecule has 1 N–H and O–H groups in total. The lowest BCUT2D eigenvalue weighted by atomic mass is 9.80. The van der Waals surface area contributed by atoms with Gasteiger partial charge in [-0.15, -0.1) is 0 Å². The van der Waals surface area contributed by atoms with Crippen molar-refractivity contribution in [2.75, 3.05) is 19.8 Å². The van der Waals surface area contributed by atoms with E-state index in [4.69, 9.17) is 4.74 Å². The van der Waals surface area contributed by atoms with Gasteiger partial charge in [-0.25, -0.2) is 0 Å². The van der Waals surface area contributed by atoms with Crippen LogP contribution in [-0.2, 0) is 4.74 Å². The lowest BCUT2D eigenvalue weighted by Gasteiger charge is -2.29. The second-order valence-electron chi connectivity index (χ2n) is 4.08. The molecule has 0 aromatic rings. The van der Waals surface area contributed by atoms with Gasteiger partial charge >= 0.3 is 0 Å². The Balaban J connectivity index is 3.61. The van der Waals surface area contributed by atoms with Gasteiger partial charge in [-0.2, -0.15) is 0 Å². The van der Waals surface area contributed by atoms with Crippen molar-refractivity contribution in [3.8, 4) is 0 Å². The van der Waals surface area contributed by atoms with Crippen LogP contribution in [0.1, 0.15) is 52.9 Å². The molecule has 0 unspecified atom stereocenters. The van der Waals surface area contributed by atoms with E-state index in [1.165, 1.54) is 6.42 Å². The summed E-state index contributed by atoms with van der Waals surface area (Å²) < 4.78 is 5.52. The molecule has 0 atom stereocenters. The number of rotatable bonds is 9. The molecule has 0 aliphatic rings. The third-order valence-electron chi connectivity index (χ3n) is 3.25. The summed E-state index contributed by atoms with van der Waals surface area (Å²) in [7, 11) is 0. The molecule has 0 amide bonds. The lowest BCUT2D eigenvalue weighted by molar-refractivity contribution is 0.0503. The average Bonchev–Trinajstić information content (AvgIpc) is 2.24. The van der Waals surface area contributed by atoms with E-state index in [1.807, 2.05) is 0 Å². The SMILES string of the molecule is CCCCOCCC(CC)(CC)CO. The van der Waals surface area contributed by atoms with E-state index in [1.54, 1.807) is 0 Å². The molecule has 0 saturated carbocycles. The Hall–Kier alpha value is -0.0800. The number of aliphatic hydroxyl groups is 1. The topological polar surface area (TPSA) is 29.5 Å². The van der Waals surface area contributed by atoms with Crippen LogP contribution in [0.2, 0.25) is 0 Å². The first-order chi connectivity index (χ1) is 6.74. The van der Waals surface area contributed by atoms with E-state index in [-0.39, 0.29) is 12.0 Å². The molecule has 2 heteroatoms. The van der Waals surface area contributed by atoms with Crippen LogP contribution in [0.15, 0.2) is 0 Å². The highest BCUT2D eigenvalue weighted by molar-refractivity contribution is 4.75. The summed E-state index contributed by atoms with van der Waals surface area (Å²) in [6.07, 6.45) is 5.39. The highest BCUT2D eigenvalue weighted by Crippen LogP contribution is 2.29. The highest BCUT2D eigenvalue weighted by Gasteiger charge is 2.24. The van der Waals surface area contributed by atoms with Crippen molar-refractivity contribution in [3.05, 3.63) is 0 Å². The third kappa shape index (κ3) is 4.97. The van der Waals surface area contributed by atoms with Gasteiger partial charge in [0.25, 0.3) is 0 Å². The summed E-state index contributed by atoms with van der Waals surface area (Å²) >= 11 is 0. The molecule has 0 fully saturated rings. The van der Waals surface area contributed by atoms with Gasteiger partial charge in [0, 0.05) is 19.8 Å². The van der Waals surface area contributed by atoms with Gasteiger partial charge in [0.1, 0.15) is 0 Å². The van der Waals surface area contributed by atoms with Crippen molar-refractivity contribution < 1.29 is 9.84 Å². The lowest BCUT2D eigenvalue weighted by Crippen LogP contribution is -2.25. The molecule has 0 saturated heterocycles. The number of ether oxygens (including phenoxy) is 1. The smallest absolute Gasteiger partial charge is 0.0488 e. The van der Waals surface area contributed by atoms with Crippen LogP contribution >= 0.6 is 0 Å². The number of hydrogen-bond donors (Lipinski definition) is 1. The maximum absolute atomic E-state index is 9.32. The summed E-state index contributed by atoms with van der Waals surface area (Å²) in [6, 6.07) is 0. The Morgan fingerprint density at radius 3 is 2.14 bits per heavy atom. The van der Waals surface area contributed by atoms with Gasteiger partial charge in [0.05, 0.1) is 0 Å². The Bertz CT molecular complexity index is 111. The molecule has 2 nitrogen and oxygen atoms in total. The predicted octanol–water partition coefficient (Wildman–Crippen LogP) is 2.99. The molecular weight excluding hydrogens is 176 g/mol. The number of hydrogen-bond acceptors (Lipinski definition) is 2. The number of aliphatic hydroxyl groups excluding tert-OH is 1. The summed E-state index contributed by atoms with van der Waals surface area (Å²) in [5, 5.41) is 9.32. The average molecular weight is 202 g/mol. The van der Waals surface area contributed by atoms with E-state index >= 15 is 0 Å². The van der Waals surface area contributed by atoms with E-state index in [9.17, 15) is 5.11 Å². The molecule has 0 aliphatic heterocycles. The Morgan fingerprint density at radius 1 is 1.07 bits per heavy atom. The first-order valence-electron chi connectivity index (χ1n) is 5.93. The Kier molecular flexibility index (Phi) is 8.20. The third-order valence-corrected chi connectivity index (χ3v) is 3.25. The van der Waals surface area contributed by atoms with Crippen molar-refractivity contribution in [1.82, 2.24) is 0 Å². The molecule has 0 radical (unpaired) electrons. The standard InChI is InChI=1S/C12H26O2/c1-4-7-9-14-10-8-12(5-2,6-3)11-13/h13H,4-11H2,1-3H3. The fraction of sp³-hybridized carbons (Fsp3) is 1.00. The van der Waals surface area contributed by atoms with Crippen molar-refractivity contribution in [1.29, 1.82) is 0 Å². The van der Waals surface area contributed by atoms with Crippen LogP contribution in [0.25, 0.3) is 0 Å². The monoisotopic (exact) mass is 202 g/mol. The van der Waals surface area contributed by atoms with E-state index in [0.29, 0.717) is 0 Å². The van der Waals surface area contributed by atoms with Crippen LogP contribution < -0.4 is 0 Å². The maximum Gasteiger partial charge on any atom is 0.0488 e. The second kappa shape index (κ2) is 8.25. The van der Waals surface area contributed by atoms with Crippen molar-refractivity contribution in [2.45, 2.75) is 52.9 Å². The van der Waals surface area contributed by atoms with E-state index in [2.05, 4.69) is 20.8 Å². The summed E-state index contributed by atoms with van der Waals surface area (Å²) in [5.41, 5.74) is 0.103. The molecule has 0 rings (SSSR count). The first kappa shape index (κ1) is 13.9. The van der Waals surface area contributed by atoms with Gasteiger partial charge < -0.3 is 9.84 Å². The minimum absolute atomic E-state index is 0.103. The highest BCUT2D eigenvalue weighted by atomic mass is 16.5. The summed E-state index contributed by atoms with van der Waals surface area (Å²) in [4.78, 5) is 0. The zero-order valence-electron chi connectivity index (χ0n) is 10.0. The van der Waals surface area contributed by atoms with Crippen LogP contribution in [0.5, 0.6) is 0 Å². The largest absolute Gasteiger partial charge is 0.396 e. The Morgan fingerprint density at radius 2 is 1.71 bits per heavy atom. The zero-order chi connectivity index (χ0) is 10.9. The van der Waals surface area contributed by atoms with Crippen LogP contribution in [0, 0.1) is 5.41 Å². The van der Waals surface area contributed by atoms with Crippen molar-refractivity contribution >= 4 is 0 Å². The first-order valence-corrected chi connectivity index (χ1v) is 5.93. The molecular formula is C12H26O2. The van der Waals surface area contributed by atoms with Gasteiger partial charge in [-0.3, -0.25) is 0 Å². The van der Waals surface area contributed by atoms with E-state index in [0.717, 1.165) is 38.9 Å². The normalized spacial score (nSPS) is 12.0. The van der Waals surface area contributed by atoms with Gasteiger partial charge in [-0.1, -0.05) is 27.2 Å². The molecule has 0 spiro atoms. The van der Waals surface area contributed by atoms with Gasteiger partial charge in [0.2, 0.25) is 0 Å². The molecule has 86 valence electrons. The maximum atomic E-state index is 9.32. The molecule has 0 aromatic heterocycles. The Labute approximate surface area is 88.7 Å². The fourth-order valence-corrected chi connectivity index (χ4v) is 1.54. The number of unbranched alkanes of at least 4 members (excludes halogenated alkanes) is 1. The van der Waals surface area contributed by atoms with Crippen LogP contribution in [-0.4, -0.2) is 24.9 Å². The zero-order valence-corrected chi connectivity index (χ0v) is 10.0. The van der Waals surface area contributed by atoms with E-state index < -0.39 is 0 Å². The van der Waals surface area contributed by atoms with Crippen LogP contribution in [0.4, 0.5) is 0 Å². The quantitative estimate of drug-likeness (QED) is 0.582. The summed E-state index contributed by atoms with van der Waals surface area (Å²) in [6.45, 7) is 8.40. The van der Waals surface area contributed by atoms with Crippen molar-refractivity contribution in [3.63, 3.8) is 0 Å². The molecule has 0 heterocycles. The van der Waals surface area contributed by atoms with Gasteiger partial charge in [0.15, 0.2) is 0 Å². The van der Waals surface area contributed by atoms with Crippen molar-refractivity contribution in [2.24, 2.45) is 5.41 Å². The van der Waals surface area contributed by atoms with Crippen LogP contribution in [0.3, 0.4) is 0 Å². The minimum atomic E-state index is 0.103. The van der Waals surface area contributed by atoms with Gasteiger partial charge in [-0.05, 0) is 31.1 Å². The second-order valence-corrected chi connectivity index (χ2v) is 4.08. The molecule has 0 aromatic carbocycles. The minimum Gasteiger partial charge on any atom is -0.396 e. The molecule has 0 bridgehead atoms. The fourth-order valence-electron chi connectivity index (χ4n) is 1.54. The predicted molar refractivity (Wildman–Crippen MR) is 60.4 cm³/mol.